The maximum absolute atomic E-state index is 12.6. The summed E-state index contributed by atoms with van der Waals surface area (Å²) in [5.74, 6) is 0.583. The van der Waals surface area contributed by atoms with Crippen molar-refractivity contribution < 1.29 is 24.1 Å². The highest BCUT2D eigenvalue weighted by Crippen LogP contribution is 2.38. The first-order valence-electron chi connectivity index (χ1n) is 8.69. The molecule has 148 valence electrons. The Kier molecular flexibility index (Phi) is 5.58. The van der Waals surface area contributed by atoms with E-state index < -0.39 is 5.97 Å². The van der Waals surface area contributed by atoms with Crippen molar-refractivity contribution in [1.29, 1.82) is 0 Å². The molecule has 1 aromatic heterocycles. The number of nitrogens with one attached hydrogen (secondary N) is 1. The van der Waals surface area contributed by atoms with Gasteiger partial charge in [0, 0.05) is 6.42 Å². The second-order valence-corrected chi connectivity index (χ2v) is 6.26. The quantitative estimate of drug-likeness (QED) is 0.616. The monoisotopic (exact) mass is 386 g/mol. The third kappa shape index (κ3) is 3.66. The van der Waals surface area contributed by atoms with E-state index in [0.29, 0.717) is 34.7 Å². The van der Waals surface area contributed by atoms with Crippen molar-refractivity contribution in [3.63, 3.8) is 0 Å². The summed E-state index contributed by atoms with van der Waals surface area (Å²) in [5, 5.41) is 9.01. The first-order chi connectivity index (χ1) is 13.5. The summed E-state index contributed by atoms with van der Waals surface area (Å²) in [6, 6.07) is 9.01. The van der Waals surface area contributed by atoms with Crippen LogP contribution in [0.3, 0.4) is 0 Å². The molecule has 3 rings (SSSR count). The molecule has 8 heteroatoms. The minimum atomic E-state index is -0.883. The van der Waals surface area contributed by atoms with Crippen LogP contribution in [0.4, 0.5) is 0 Å². The molecule has 0 amide bonds. The van der Waals surface area contributed by atoms with E-state index in [4.69, 9.17) is 19.3 Å². The summed E-state index contributed by atoms with van der Waals surface area (Å²) in [4.78, 5) is 26.4. The number of benzene rings is 2. The van der Waals surface area contributed by atoms with Crippen LogP contribution in [0.5, 0.6) is 17.2 Å². The predicted octanol–water partition coefficient (Wildman–Crippen LogP) is 2.42. The third-order valence-corrected chi connectivity index (χ3v) is 4.55. The fraction of sp³-hybridized carbons (Fsp3) is 0.300. The number of ether oxygens (including phenoxy) is 3. The lowest BCUT2D eigenvalue weighted by Crippen LogP contribution is -2.18. The summed E-state index contributed by atoms with van der Waals surface area (Å²) >= 11 is 0. The average Bonchev–Trinajstić information content (AvgIpc) is 3.01. The molecule has 2 aromatic carbocycles. The van der Waals surface area contributed by atoms with E-state index in [-0.39, 0.29) is 18.7 Å². The molecule has 0 saturated heterocycles. The number of aliphatic carboxylic acids is 1. The molecule has 0 atom stereocenters. The fourth-order valence-electron chi connectivity index (χ4n) is 3.30. The molecular weight excluding hydrogens is 364 g/mol. The Labute approximate surface area is 161 Å². The van der Waals surface area contributed by atoms with Crippen LogP contribution in [0.2, 0.25) is 0 Å². The summed E-state index contributed by atoms with van der Waals surface area (Å²) in [5.41, 5.74) is 2.67. The van der Waals surface area contributed by atoms with Gasteiger partial charge in [0.25, 0.3) is 0 Å². The maximum atomic E-state index is 12.6. The molecule has 1 heterocycles. The number of H-pyrrole nitrogens is 1. The van der Waals surface area contributed by atoms with E-state index in [0.717, 1.165) is 11.1 Å². The van der Waals surface area contributed by atoms with Crippen molar-refractivity contribution in [3.05, 3.63) is 51.9 Å². The number of aryl methyl sites for hydroxylation is 1. The normalized spacial score (nSPS) is 10.8. The standard InChI is InChI=1S/C20H22N2O6/c1-26-15-9-12(10-16(27-2)19(15)28-3)11-22-18-13(7-8-17(23)24)5-4-6-14(18)21-20(22)25/h4-6,9-10H,7-8,11H2,1-3H3,(H,21,25)(H,23,24). The van der Waals surface area contributed by atoms with Gasteiger partial charge < -0.3 is 24.3 Å². The van der Waals surface area contributed by atoms with E-state index >= 15 is 0 Å². The van der Waals surface area contributed by atoms with E-state index in [9.17, 15) is 9.59 Å². The predicted molar refractivity (Wildman–Crippen MR) is 104 cm³/mol. The topological polar surface area (TPSA) is 103 Å². The van der Waals surface area contributed by atoms with Crippen LogP contribution in [0.15, 0.2) is 35.1 Å². The van der Waals surface area contributed by atoms with Crippen LogP contribution in [0.25, 0.3) is 11.0 Å². The first-order valence-corrected chi connectivity index (χ1v) is 8.69. The molecular formula is C20H22N2O6. The summed E-state index contributed by atoms with van der Waals surface area (Å²) < 4.78 is 17.7. The number of aromatic amines is 1. The van der Waals surface area contributed by atoms with Gasteiger partial charge in [0.15, 0.2) is 11.5 Å². The highest BCUT2D eigenvalue weighted by molar-refractivity contribution is 5.80. The Balaban J connectivity index is 2.08. The SMILES string of the molecule is COc1cc(Cn2c(=O)[nH]c3cccc(CCC(=O)O)c32)cc(OC)c1OC. The van der Waals surface area contributed by atoms with Crippen LogP contribution < -0.4 is 19.9 Å². The molecule has 0 bridgehead atoms. The van der Waals surface area contributed by atoms with Crippen LogP contribution in [0, 0.1) is 0 Å². The number of rotatable bonds is 8. The number of hydrogen-bond acceptors (Lipinski definition) is 5. The molecule has 0 aliphatic carbocycles. The Morgan fingerprint density at radius 3 is 2.36 bits per heavy atom. The molecule has 0 fully saturated rings. The highest BCUT2D eigenvalue weighted by Gasteiger charge is 2.16. The molecule has 0 spiro atoms. The van der Waals surface area contributed by atoms with E-state index in [1.807, 2.05) is 6.07 Å². The van der Waals surface area contributed by atoms with E-state index in [1.165, 1.54) is 21.3 Å². The van der Waals surface area contributed by atoms with Crippen LogP contribution in [0.1, 0.15) is 17.5 Å². The Bertz CT molecular complexity index is 1040. The number of carboxylic acid groups (broad SMARTS) is 1. The maximum Gasteiger partial charge on any atom is 0.326 e. The van der Waals surface area contributed by atoms with E-state index in [2.05, 4.69) is 4.98 Å². The van der Waals surface area contributed by atoms with Crippen molar-refractivity contribution in [2.75, 3.05) is 21.3 Å². The van der Waals surface area contributed by atoms with Gasteiger partial charge in [0.2, 0.25) is 5.75 Å². The van der Waals surface area contributed by atoms with Gasteiger partial charge in [-0.15, -0.1) is 0 Å². The van der Waals surface area contributed by atoms with Crippen LogP contribution >= 0.6 is 0 Å². The van der Waals surface area contributed by atoms with Crippen LogP contribution in [-0.4, -0.2) is 42.0 Å². The smallest absolute Gasteiger partial charge is 0.326 e. The van der Waals surface area contributed by atoms with Gasteiger partial charge in [-0.2, -0.15) is 0 Å². The van der Waals surface area contributed by atoms with Crippen molar-refractivity contribution in [1.82, 2.24) is 9.55 Å². The Hall–Kier alpha value is -3.42. The van der Waals surface area contributed by atoms with Gasteiger partial charge in [0.1, 0.15) is 0 Å². The minimum Gasteiger partial charge on any atom is -0.493 e. The molecule has 28 heavy (non-hydrogen) atoms. The zero-order valence-electron chi connectivity index (χ0n) is 15.9. The molecule has 3 aromatic rings. The van der Waals surface area contributed by atoms with Crippen molar-refractivity contribution >= 4 is 17.0 Å². The van der Waals surface area contributed by atoms with Gasteiger partial charge >= 0.3 is 11.7 Å². The summed E-state index contributed by atoms with van der Waals surface area (Å²) in [6.45, 7) is 0.264. The molecule has 0 aliphatic rings. The van der Waals surface area contributed by atoms with Crippen molar-refractivity contribution in [2.24, 2.45) is 0 Å². The lowest BCUT2D eigenvalue weighted by atomic mass is 10.1. The number of para-hydroxylation sites is 1. The zero-order valence-corrected chi connectivity index (χ0v) is 15.9. The van der Waals surface area contributed by atoms with Crippen molar-refractivity contribution in [2.45, 2.75) is 19.4 Å². The van der Waals surface area contributed by atoms with Gasteiger partial charge in [-0.3, -0.25) is 9.36 Å². The minimum absolute atomic E-state index is 0.0112. The lowest BCUT2D eigenvalue weighted by Gasteiger charge is -2.15. The number of hydrogen-bond donors (Lipinski definition) is 2. The fourth-order valence-corrected chi connectivity index (χ4v) is 3.30. The lowest BCUT2D eigenvalue weighted by molar-refractivity contribution is -0.136. The van der Waals surface area contributed by atoms with Crippen LogP contribution in [-0.2, 0) is 17.8 Å². The largest absolute Gasteiger partial charge is 0.493 e. The number of fused-ring (bicyclic) bond motifs is 1. The number of aromatic nitrogens is 2. The van der Waals surface area contributed by atoms with Gasteiger partial charge in [-0.05, 0) is 35.7 Å². The number of imidazole rings is 1. The third-order valence-electron chi connectivity index (χ3n) is 4.55. The van der Waals surface area contributed by atoms with Gasteiger partial charge in [-0.25, -0.2) is 4.79 Å². The summed E-state index contributed by atoms with van der Waals surface area (Å²) in [7, 11) is 4.59. The number of carbonyl (C=O) groups is 1. The number of methoxy groups -OCH3 is 3. The molecule has 0 radical (unpaired) electrons. The highest BCUT2D eigenvalue weighted by atomic mass is 16.5. The number of carboxylic acids is 1. The molecule has 0 unspecified atom stereocenters. The molecule has 0 aliphatic heterocycles. The molecule has 8 nitrogen and oxygen atoms in total. The average molecular weight is 386 g/mol. The number of nitrogens with zero attached hydrogens (tertiary/aromatic N) is 1. The second-order valence-electron chi connectivity index (χ2n) is 6.26. The van der Waals surface area contributed by atoms with Gasteiger partial charge in [-0.1, -0.05) is 12.1 Å². The first kappa shape index (κ1) is 19.3. The van der Waals surface area contributed by atoms with Gasteiger partial charge in [0.05, 0.1) is 38.9 Å². The Morgan fingerprint density at radius 2 is 1.79 bits per heavy atom. The Morgan fingerprint density at radius 1 is 1.11 bits per heavy atom. The van der Waals surface area contributed by atoms with E-state index in [1.54, 1.807) is 28.8 Å². The second kappa shape index (κ2) is 8.08. The molecule has 0 saturated carbocycles. The zero-order chi connectivity index (χ0) is 20.3. The molecule has 2 N–H and O–H groups in total. The van der Waals surface area contributed by atoms with Crippen molar-refractivity contribution in [3.8, 4) is 17.2 Å². The summed E-state index contributed by atoms with van der Waals surface area (Å²) in [6.07, 6.45) is 0.321.